The molecule has 8 nitrogen and oxygen atoms in total. The summed E-state index contributed by atoms with van der Waals surface area (Å²) in [5.41, 5.74) is 4.97. The highest BCUT2D eigenvalue weighted by Gasteiger charge is 2.23. The second-order valence-electron chi connectivity index (χ2n) is 8.11. The van der Waals surface area contributed by atoms with Crippen molar-refractivity contribution < 1.29 is 28.6 Å². The van der Waals surface area contributed by atoms with Crippen LogP contribution in [0.5, 0.6) is 0 Å². The Bertz CT molecular complexity index is 462. The molecule has 0 aliphatic carbocycles. The van der Waals surface area contributed by atoms with Crippen LogP contribution in [0.1, 0.15) is 91.4 Å². The van der Waals surface area contributed by atoms with E-state index in [2.05, 4.69) is 19.2 Å². The number of rotatable bonds is 18. The summed E-state index contributed by atoms with van der Waals surface area (Å²) in [4.78, 5) is 33.4. The fraction of sp³-hybridized carbons (Fsp3) is 0.864. The summed E-state index contributed by atoms with van der Waals surface area (Å²) >= 11 is 0. The lowest BCUT2D eigenvalue weighted by Gasteiger charge is -2.30. The standard InChI is InChI=1S/C22H42N2O6/c1-4-5-6-7-8-15-24-21(27)30-18-11-14-22(3,12-9-16-28-19(2)25)13-10-17-29-20(23)26/h4-18H2,1-3H3,(H2,23,26)(H,24,27). The average Bonchev–Trinajstić information content (AvgIpc) is 2.68. The highest BCUT2D eigenvalue weighted by Crippen LogP contribution is 2.34. The number of unbranched alkanes of at least 4 members (excludes halogenated alkanes) is 4. The number of nitrogens with two attached hydrogens (primary N) is 1. The van der Waals surface area contributed by atoms with Crippen molar-refractivity contribution in [3.8, 4) is 0 Å². The lowest BCUT2D eigenvalue weighted by molar-refractivity contribution is -0.141. The fourth-order valence-electron chi connectivity index (χ4n) is 3.40. The van der Waals surface area contributed by atoms with Gasteiger partial charge < -0.3 is 25.3 Å². The number of alkyl carbamates (subject to hydrolysis) is 1. The van der Waals surface area contributed by atoms with Crippen LogP contribution in [0.4, 0.5) is 9.59 Å². The summed E-state index contributed by atoms with van der Waals surface area (Å²) < 4.78 is 15.1. The molecule has 0 aromatic rings. The van der Waals surface area contributed by atoms with Gasteiger partial charge in [0.2, 0.25) is 0 Å². The van der Waals surface area contributed by atoms with Crippen LogP contribution in [-0.2, 0) is 19.0 Å². The van der Waals surface area contributed by atoms with Crippen LogP contribution in [0.15, 0.2) is 0 Å². The Kier molecular flexibility index (Phi) is 16.7. The zero-order valence-corrected chi connectivity index (χ0v) is 19.1. The number of primary amides is 1. The van der Waals surface area contributed by atoms with Crippen molar-refractivity contribution in [1.29, 1.82) is 0 Å². The second-order valence-corrected chi connectivity index (χ2v) is 8.11. The van der Waals surface area contributed by atoms with Crippen LogP contribution in [-0.4, -0.2) is 44.5 Å². The normalized spacial score (nSPS) is 12.6. The molecule has 0 radical (unpaired) electrons. The first-order chi connectivity index (χ1) is 14.3. The van der Waals surface area contributed by atoms with Crippen LogP contribution >= 0.6 is 0 Å². The molecule has 0 spiro atoms. The molecular weight excluding hydrogens is 388 g/mol. The Labute approximate surface area is 181 Å². The van der Waals surface area contributed by atoms with Gasteiger partial charge in [-0.05, 0) is 50.4 Å². The van der Waals surface area contributed by atoms with Crippen LogP contribution in [0.3, 0.4) is 0 Å². The fourth-order valence-corrected chi connectivity index (χ4v) is 3.40. The lowest BCUT2D eigenvalue weighted by Crippen LogP contribution is -2.26. The number of hydrogen-bond donors (Lipinski definition) is 2. The maximum Gasteiger partial charge on any atom is 0.407 e. The van der Waals surface area contributed by atoms with Gasteiger partial charge in [-0.2, -0.15) is 0 Å². The zero-order valence-electron chi connectivity index (χ0n) is 19.1. The predicted molar refractivity (Wildman–Crippen MR) is 116 cm³/mol. The summed E-state index contributed by atoms with van der Waals surface area (Å²) in [7, 11) is 0. The molecule has 8 heteroatoms. The molecular formula is C22H42N2O6. The smallest absolute Gasteiger partial charge is 0.407 e. The lowest BCUT2D eigenvalue weighted by atomic mass is 9.77. The van der Waals surface area contributed by atoms with Gasteiger partial charge in [-0.25, -0.2) is 9.59 Å². The number of hydrogen-bond acceptors (Lipinski definition) is 6. The minimum atomic E-state index is -0.767. The third-order valence-electron chi connectivity index (χ3n) is 5.11. The average molecular weight is 431 g/mol. The maximum absolute atomic E-state index is 11.8. The number of amides is 2. The third-order valence-corrected chi connectivity index (χ3v) is 5.11. The molecule has 0 fully saturated rings. The number of esters is 1. The van der Waals surface area contributed by atoms with Gasteiger partial charge in [0.05, 0.1) is 19.8 Å². The predicted octanol–water partition coefficient (Wildman–Crippen LogP) is 4.69. The Morgan fingerprint density at radius 2 is 1.33 bits per heavy atom. The van der Waals surface area contributed by atoms with E-state index in [1.165, 1.54) is 26.2 Å². The van der Waals surface area contributed by atoms with Crippen molar-refractivity contribution in [2.24, 2.45) is 11.1 Å². The Balaban J connectivity index is 4.13. The summed E-state index contributed by atoms with van der Waals surface area (Å²) in [5, 5.41) is 2.79. The summed E-state index contributed by atoms with van der Waals surface area (Å²) in [5.74, 6) is -0.281. The van der Waals surface area contributed by atoms with E-state index >= 15 is 0 Å². The first-order valence-electron chi connectivity index (χ1n) is 11.3. The summed E-state index contributed by atoms with van der Waals surface area (Å²) in [6.07, 6.45) is 9.36. The van der Waals surface area contributed by atoms with Crippen molar-refractivity contribution in [2.75, 3.05) is 26.4 Å². The van der Waals surface area contributed by atoms with Crippen molar-refractivity contribution in [2.45, 2.75) is 91.4 Å². The zero-order chi connectivity index (χ0) is 22.7. The van der Waals surface area contributed by atoms with E-state index in [9.17, 15) is 14.4 Å². The van der Waals surface area contributed by atoms with Crippen LogP contribution < -0.4 is 11.1 Å². The molecule has 1 atom stereocenters. The Morgan fingerprint density at radius 1 is 0.800 bits per heavy atom. The van der Waals surface area contributed by atoms with E-state index in [0.29, 0.717) is 26.2 Å². The molecule has 0 bridgehead atoms. The van der Waals surface area contributed by atoms with Crippen molar-refractivity contribution in [3.05, 3.63) is 0 Å². The number of nitrogens with one attached hydrogen (secondary N) is 1. The van der Waals surface area contributed by atoms with Crippen LogP contribution in [0, 0.1) is 5.41 Å². The van der Waals surface area contributed by atoms with E-state index in [1.54, 1.807) is 0 Å². The molecule has 1 unspecified atom stereocenters. The first kappa shape index (κ1) is 28.0. The first-order valence-corrected chi connectivity index (χ1v) is 11.3. The van der Waals surface area contributed by atoms with E-state index in [0.717, 1.165) is 44.9 Å². The van der Waals surface area contributed by atoms with Crippen LogP contribution in [0.25, 0.3) is 0 Å². The topological polar surface area (TPSA) is 117 Å². The molecule has 0 rings (SSSR count). The van der Waals surface area contributed by atoms with E-state index in [1.807, 2.05) is 0 Å². The highest BCUT2D eigenvalue weighted by molar-refractivity contribution is 5.67. The highest BCUT2D eigenvalue weighted by atomic mass is 16.6. The molecule has 0 aromatic carbocycles. The Hall–Kier alpha value is -1.99. The van der Waals surface area contributed by atoms with Crippen molar-refractivity contribution >= 4 is 18.2 Å². The summed E-state index contributed by atoms with van der Waals surface area (Å²) in [6.45, 7) is 7.41. The van der Waals surface area contributed by atoms with Gasteiger partial charge in [0.15, 0.2) is 0 Å². The van der Waals surface area contributed by atoms with Crippen molar-refractivity contribution in [1.82, 2.24) is 5.32 Å². The molecule has 0 aliphatic heterocycles. The molecule has 176 valence electrons. The Morgan fingerprint density at radius 3 is 1.87 bits per heavy atom. The third kappa shape index (κ3) is 18.1. The largest absolute Gasteiger partial charge is 0.466 e. The van der Waals surface area contributed by atoms with E-state index in [4.69, 9.17) is 19.9 Å². The van der Waals surface area contributed by atoms with Crippen molar-refractivity contribution in [3.63, 3.8) is 0 Å². The molecule has 0 heterocycles. The van der Waals surface area contributed by atoms with E-state index < -0.39 is 6.09 Å². The quantitative estimate of drug-likeness (QED) is 0.185. The summed E-state index contributed by atoms with van der Waals surface area (Å²) in [6, 6.07) is 0. The maximum atomic E-state index is 11.8. The van der Waals surface area contributed by atoms with Gasteiger partial charge in [-0.15, -0.1) is 0 Å². The molecule has 0 aliphatic rings. The number of carbonyl (C=O) groups is 3. The van der Waals surface area contributed by atoms with Gasteiger partial charge >= 0.3 is 18.2 Å². The van der Waals surface area contributed by atoms with E-state index in [-0.39, 0.29) is 24.1 Å². The number of ether oxygens (including phenoxy) is 3. The molecule has 0 aromatic heterocycles. The number of carbonyl (C=O) groups excluding carboxylic acids is 3. The SMILES string of the molecule is CCCCCCCNC(=O)OCCCC(C)(CCCOC(C)=O)CCCOC(N)=O. The molecule has 0 saturated carbocycles. The minimum absolute atomic E-state index is 0.0275. The monoisotopic (exact) mass is 430 g/mol. The van der Waals surface area contributed by atoms with Gasteiger partial charge in [0.1, 0.15) is 0 Å². The van der Waals surface area contributed by atoms with Gasteiger partial charge in [0, 0.05) is 13.5 Å². The molecule has 30 heavy (non-hydrogen) atoms. The van der Waals surface area contributed by atoms with Gasteiger partial charge in [-0.1, -0.05) is 39.5 Å². The van der Waals surface area contributed by atoms with Gasteiger partial charge in [0.25, 0.3) is 0 Å². The minimum Gasteiger partial charge on any atom is -0.466 e. The second kappa shape index (κ2) is 17.8. The van der Waals surface area contributed by atoms with Gasteiger partial charge in [-0.3, -0.25) is 4.79 Å². The van der Waals surface area contributed by atoms with Crippen LogP contribution in [0.2, 0.25) is 0 Å². The molecule has 3 N–H and O–H groups in total. The molecule has 2 amide bonds. The molecule has 0 saturated heterocycles.